The van der Waals surface area contributed by atoms with Crippen LogP contribution in [-0.4, -0.2) is 26.5 Å². The molecule has 0 spiro atoms. The highest BCUT2D eigenvalue weighted by molar-refractivity contribution is 6.00. The largest absolute Gasteiger partial charge is 0.439 e. The number of aromatic amines is 1. The van der Waals surface area contributed by atoms with Gasteiger partial charge in [0.2, 0.25) is 0 Å². The molecule has 3 aromatic carbocycles. The van der Waals surface area contributed by atoms with E-state index in [1.807, 2.05) is 23.0 Å². The third kappa shape index (κ3) is 5.26. The molecule has 7 heteroatoms. The maximum absolute atomic E-state index is 11.2. The standard InChI is InChI=1S/C32H30N4O3/c1-2-27(23-8-4-3-5-9-23)31(24-14-11-22(12-15-24)13-18-29-34-32(37)39-35-29)25-16-17-28-26(20-25)21-33-36(28)30-10-6-7-19-38-30/h3-5,8-9,11-18,20-21,30H,2,6-7,10,19H2,1H3,(H,34,35,37)/b18-13+,31-27+. The lowest BCUT2D eigenvalue weighted by Crippen LogP contribution is -2.18. The molecule has 2 aromatic heterocycles. The van der Waals surface area contributed by atoms with Crippen LogP contribution >= 0.6 is 0 Å². The van der Waals surface area contributed by atoms with Crippen LogP contribution < -0.4 is 5.76 Å². The number of rotatable bonds is 7. The first-order valence-electron chi connectivity index (χ1n) is 13.4. The molecular weight excluding hydrogens is 488 g/mol. The zero-order valence-corrected chi connectivity index (χ0v) is 21.8. The highest BCUT2D eigenvalue weighted by Gasteiger charge is 2.20. The minimum absolute atomic E-state index is 0.00307. The molecule has 6 rings (SSSR count). The molecule has 0 saturated carbocycles. The highest BCUT2D eigenvalue weighted by atomic mass is 16.5. The molecule has 1 atom stereocenters. The first kappa shape index (κ1) is 24.8. The summed E-state index contributed by atoms with van der Waals surface area (Å²) in [6, 6.07) is 25.6. The Morgan fingerprint density at radius 1 is 1.00 bits per heavy atom. The lowest BCUT2D eigenvalue weighted by molar-refractivity contribution is -0.0366. The number of nitrogens with one attached hydrogen (secondary N) is 1. The van der Waals surface area contributed by atoms with Gasteiger partial charge in [0.1, 0.15) is 0 Å². The smallest absolute Gasteiger partial charge is 0.356 e. The summed E-state index contributed by atoms with van der Waals surface area (Å²) >= 11 is 0. The van der Waals surface area contributed by atoms with Crippen molar-refractivity contribution in [2.75, 3.05) is 6.61 Å². The van der Waals surface area contributed by atoms with Crippen LogP contribution in [0.25, 0.3) is 34.2 Å². The number of nitrogens with zero attached hydrogens (tertiary/aromatic N) is 3. The molecule has 7 nitrogen and oxygen atoms in total. The van der Waals surface area contributed by atoms with Crippen LogP contribution in [0.1, 0.15) is 66.9 Å². The van der Waals surface area contributed by atoms with E-state index in [-0.39, 0.29) is 6.23 Å². The van der Waals surface area contributed by atoms with Crippen molar-refractivity contribution >= 4 is 34.2 Å². The number of H-pyrrole nitrogens is 1. The van der Waals surface area contributed by atoms with Crippen LogP contribution in [0, 0.1) is 0 Å². The summed E-state index contributed by atoms with van der Waals surface area (Å²) in [6.45, 7) is 2.99. The fraction of sp³-hybridized carbons (Fsp3) is 0.219. The molecule has 1 aliphatic rings. The Morgan fingerprint density at radius 2 is 1.82 bits per heavy atom. The topological polar surface area (TPSA) is 85.9 Å². The van der Waals surface area contributed by atoms with E-state index >= 15 is 0 Å². The zero-order valence-electron chi connectivity index (χ0n) is 21.8. The summed E-state index contributed by atoms with van der Waals surface area (Å²) in [7, 11) is 0. The third-order valence-electron chi connectivity index (χ3n) is 7.18. The Bertz CT molecular complexity index is 1680. The summed E-state index contributed by atoms with van der Waals surface area (Å²) in [5.41, 5.74) is 8.05. The molecule has 1 aliphatic heterocycles. The Balaban J connectivity index is 1.41. The van der Waals surface area contributed by atoms with Crippen molar-refractivity contribution in [2.45, 2.75) is 38.8 Å². The third-order valence-corrected chi connectivity index (χ3v) is 7.18. The summed E-state index contributed by atoms with van der Waals surface area (Å²) in [6.07, 6.45) is 9.72. The average Bonchev–Trinajstić information content (AvgIpc) is 3.61. The van der Waals surface area contributed by atoms with Gasteiger partial charge < -0.3 is 4.74 Å². The van der Waals surface area contributed by atoms with E-state index in [9.17, 15) is 4.79 Å². The van der Waals surface area contributed by atoms with Gasteiger partial charge in [-0.15, -0.1) is 0 Å². The van der Waals surface area contributed by atoms with Gasteiger partial charge in [0, 0.05) is 12.0 Å². The number of fused-ring (bicyclic) bond motifs is 1. The highest BCUT2D eigenvalue weighted by Crippen LogP contribution is 2.36. The lowest BCUT2D eigenvalue weighted by Gasteiger charge is -2.23. The Kier molecular flexibility index (Phi) is 7.06. The van der Waals surface area contributed by atoms with Gasteiger partial charge in [-0.05, 0) is 77.3 Å². The number of allylic oxidation sites excluding steroid dienone is 1. The van der Waals surface area contributed by atoms with E-state index < -0.39 is 5.76 Å². The first-order valence-corrected chi connectivity index (χ1v) is 13.4. The summed E-state index contributed by atoms with van der Waals surface area (Å²) in [5.74, 6) is -0.184. The number of hydrogen-bond acceptors (Lipinski definition) is 5. The van der Waals surface area contributed by atoms with Gasteiger partial charge in [-0.1, -0.05) is 78.8 Å². The fourth-order valence-corrected chi connectivity index (χ4v) is 5.28. The lowest BCUT2D eigenvalue weighted by atomic mass is 9.87. The van der Waals surface area contributed by atoms with Gasteiger partial charge in [-0.3, -0.25) is 9.51 Å². The van der Waals surface area contributed by atoms with E-state index in [4.69, 9.17) is 9.84 Å². The normalized spacial score (nSPS) is 16.6. The molecule has 0 bridgehead atoms. The predicted molar refractivity (Wildman–Crippen MR) is 154 cm³/mol. The van der Waals surface area contributed by atoms with Crippen LogP contribution in [0.3, 0.4) is 0 Å². The van der Waals surface area contributed by atoms with Gasteiger partial charge in [0.15, 0.2) is 12.1 Å². The van der Waals surface area contributed by atoms with Crippen molar-refractivity contribution in [2.24, 2.45) is 0 Å². The Morgan fingerprint density at radius 3 is 2.54 bits per heavy atom. The summed E-state index contributed by atoms with van der Waals surface area (Å²) in [4.78, 5) is 13.7. The van der Waals surface area contributed by atoms with E-state index in [2.05, 4.69) is 88.3 Å². The molecule has 196 valence electrons. The van der Waals surface area contributed by atoms with Gasteiger partial charge in [-0.25, -0.2) is 9.48 Å². The van der Waals surface area contributed by atoms with Crippen molar-refractivity contribution < 1.29 is 9.26 Å². The second-order valence-corrected chi connectivity index (χ2v) is 9.69. The predicted octanol–water partition coefficient (Wildman–Crippen LogP) is 6.95. The van der Waals surface area contributed by atoms with Crippen molar-refractivity contribution in [3.8, 4) is 0 Å². The van der Waals surface area contributed by atoms with Crippen molar-refractivity contribution in [3.63, 3.8) is 0 Å². The molecular formula is C32H30N4O3. The van der Waals surface area contributed by atoms with Crippen molar-refractivity contribution in [3.05, 3.63) is 118 Å². The molecule has 0 radical (unpaired) electrons. The van der Waals surface area contributed by atoms with Crippen LogP contribution in [0.2, 0.25) is 0 Å². The number of hydrogen-bond donors (Lipinski definition) is 1. The maximum Gasteiger partial charge on any atom is 0.439 e. The van der Waals surface area contributed by atoms with Gasteiger partial charge in [0.25, 0.3) is 0 Å². The minimum atomic E-state index is -0.568. The van der Waals surface area contributed by atoms with E-state index in [1.165, 1.54) is 16.7 Å². The minimum Gasteiger partial charge on any atom is -0.356 e. The second-order valence-electron chi connectivity index (χ2n) is 9.69. The maximum atomic E-state index is 11.2. The van der Waals surface area contributed by atoms with E-state index in [1.54, 1.807) is 6.08 Å². The van der Waals surface area contributed by atoms with Crippen LogP contribution in [0.4, 0.5) is 0 Å². The van der Waals surface area contributed by atoms with Crippen LogP contribution in [0.5, 0.6) is 0 Å². The van der Waals surface area contributed by atoms with Crippen LogP contribution in [-0.2, 0) is 4.74 Å². The second kappa shape index (κ2) is 11.1. The number of aromatic nitrogens is 4. The molecule has 0 aliphatic carbocycles. The number of ether oxygens (including phenoxy) is 1. The number of benzene rings is 3. The molecule has 3 heterocycles. The Hall–Kier alpha value is -4.49. The molecule has 1 fully saturated rings. The molecule has 1 N–H and O–H groups in total. The summed E-state index contributed by atoms with van der Waals surface area (Å²) < 4.78 is 12.6. The average molecular weight is 519 g/mol. The summed E-state index contributed by atoms with van der Waals surface area (Å²) in [5, 5.41) is 9.50. The fourth-order valence-electron chi connectivity index (χ4n) is 5.28. The van der Waals surface area contributed by atoms with Gasteiger partial charge in [0.05, 0.1) is 11.7 Å². The van der Waals surface area contributed by atoms with Crippen molar-refractivity contribution in [1.82, 2.24) is 19.9 Å². The molecule has 0 amide bonds. The SMILES string of the molecule is CC/C(=C(/c1ccc(/C=C/c2noc(=O)[nH]2)cc1)c1ccc2c(cnn2C2CCCCO2)c1)c1ccccc1. The Labute approximate surface area is 226 Å². The van der Waals surface area contributed by atoms with Crippen molar-refractivity contribution in [1.29, 1.82) is 0 Å². The zero-order chi connectivity index (χ0) is 26.6. The molecule has 1 unspecified atom stereocenters. The quantitative estimate of drug-likeness (QED) is 0.236. The van der Waals surface area contributed by atoms with E-state index in [0.717, 1.165) is 59.9 Å². The van der Waals surface area contributed by atoms with Crippen LogP contribution in [0.15, 0.2) is 88.3 Å². The molecule has 39 heavy (non-hydrogen) atoms. The monoisotopic (exact) mass is 518 g/mol. The molecule has 1 saturated heterocycles. The van der Waals surface area contributed by atoms with Gasteiger partial charge >= 0.3 is 5.76 Å². The molecule has 5 aromatic rings. The van der Waals surface area contributed by atoms with Gasteiger partial charge in [-0.2, -0.15) is 5.10 Å². The first-order chi connectivity index (χ1) is 19.2. The van der Waals surface area contributed by atoms with E-state index in [0.29, 0.717) is 5.82 Å².